The molecule has 1 aromatic rings. The largest absolute Gasteiger partial charge is 0.480 e. The van der Waals surface area contributed by atoms with Crippen molar-refractivity contribution in [1.82, 2.24) is 9.29 Å². The number of carboxylic acid groups (broad SMARTS) is 1. The fourth-order valence-electron chi connectivity index (χ4n) is 2.12. The first-order valence-electron chi connectivity index (χ1n) is 6.12. The molecule has 9 heteroatoms. The van der Waals surface area contributed by atoms with Gasteiger partial charge in [0.25, 0.3) is 10.0 Å². The molecule has 0 saturated carbocycles. The summed E-state index contributed by atoms with van der Waals surface area (Å²) in [4.78, 5) is 15.3. The molecule has 0 radical (unpaired) electrons. The third-order valence-electron chi connectivity index (χ3n) is 3.23. The van der Waals surface area contributed by atoms with E-state index < -0.39 is 28.1 Å². The van der Waals surface area contributed by atoms with Gasteiger partial charge in [-0.05, 0) is 6.42 Å². The van der Waals surface area contributed by atoms with Crippen LogP contribution < -0.4 is 0 Å². The van der Waals surface area contributed by atoms with Crippen LogP contribution in [0.15, 0.2) is 10.4 Å². The number of hydrogen-bond acceptors (Lipinski definition) is 6. The number of carboxylic acids is 1. The van der Waals surface area contributed by atoms with Gasteiger partial charge in [0.05, 0.1) is 17.3 Å². The second-order valence-corrected chi connectivity index (χ2v) is 7.68. The van der Waals surface area contributed by atoms with Crippen molar-refractivity contribution < 1.29 is 23.1 Å². The summed E-state index contributed by atoms with van der Waals surface area (Å²) in [5.41, 5.74) is 0. The summed E-state index contributed by atoms with van der Waals surface area (Å²) in [7, 11) is -2.39. The van der Waals surface area contributed by atoms with E-state index in [1.165, 1.54) is 13.3 Å². The Kier molecular flexibility index (Phi) is 4.43. The summed E-state index contributed by atoms with van der Waals surface area (Å²) in [6, 6.07) is -1.09. The molecule has 7 nitrogen and oxygen atoms in total. The van der Waals surface area contributed by atoms with Crippen molar-refractivity contribution in [2.24, 2.45) is 0 Å². The third kappa shape index (κ3) is 2.71. The molecule has 1 fully saturated rings. The lowest BCUT2D eigenvalue weighted by Gasteiger charge is -2.19. The van der Waals surface area contributed by atoms with Crippen LogP contribution in [0.4, 0.5) is 0 Å². The quantitative estimate of drug-likeness (QED) is 0.852. The van der Waals surface area contributed by atoms with Crippen LogP contribution in [-0.4, -0.2) is 54.6 Å². The van der Waals surface area contributed by atoms with Crippen LogP contribution in [0.5, 0.6) is 0 Å². The van der Waals surface area contributed by atoms with Crippen LogP contribution in [0.2, 0.25) is 0 Å². The second kappa shape index (κ2) is 5.76. The Morgan fingerprint density at radius 1 is 1.65 bits per heavy atom. The Morgan fingerprint density at radius 3 is 2.85 bits per heavy atom. The lowest BCUT2D eigenvalue weighted by Crippen LogP contribution is -2.40. The molecule has 1 N–H and O–H groups in total. The van der Waals surface area contributed by atoms with Crippen LogP contribution in [0.25, 0.3) is 0 Å². The highest BCUT2D eigenvalue weighted by atomic mass is 32.2. The molecule has 1 saturated heterocycles. The van der Waals surface area contributed by atoms with E-state index in [-0.39, 0.29) is 17.2 Å². The maximum absolute atomic E-state index is 12.5. The Bertz CT molecular complexity index is 598. The predicted molar refractivity (Wildman–Crippen MR) is 72.2 cm³/mol. The molecule has 112 valence electrons. The molecular formula is C11H16N2O5S2. The van der Waals surface area contributed by atoms with Gasteiger partial charge in [-0.15, -0.1) is 11.3 Å². The van der Waals surface area contributed by atoms with Gasteiger partial charge in [-0.3, -0.25) is 4.79 Å². The van der Waals surface area contributed by atoms with Crippen molar-refractivity contribution in [3.63, 3.8) is 0 Å². The Morgan fingerprint density at radius 2 is 2.35 bits per heavy atom. The molecule has 1 aromatic heterocycles. The zero-order valence-corrected chi connectivity index (χ0v) is 12.8. The van der Waals surface area contributed by atoms with Crippen molar-refractivity contribution >= 4 is 27.3 Å². The molecule has 2 atom stereocenters. The number of carbonyl (C=O) groups is 1. The molecule has 2 heterocycles. The molecule has 20 heavy (non-hydrogen) atoms. The van der Waals surface area contributed by atoms with Gasteiger partial charge < -0.3 is 9.84 Å². The standard InChI is InChI=1S/C11H16N2O5S2/c1-3-9-12-5-10(19-9)20(16,17)13-6-7(18-2)4-8(13)11(14)15/h5,7-8H,3-4,6H2,1-2H3,(H,14,15)/t7-,8-/m0/s1. The van der Waals surface area contributed by atoms with Crippen LogP contribution in [-0.2, 0) is 26.0 Å². The molecule has 0 bridgehead atoms. The maximum Gasteiger partial charge on any atom is 0.322 e. The van der Waals surface area contributed by atoms with E-state index in [1.54, 1.807) is 0 Å². The van der Waals surface area contributed by atoms with Crippen LogP contribution in [0, 0.1) is 0 Å². The number of aliphatic carboxylic acids is 1. The summed E-state index contributed by atoms with van der Waals surface area (Å²) < 4.78 is 31.2. The molecule has 0 aromatic carbocycles. The normalized spacial score (nSPS) is 24.1. The highest BCUT2D eigenvalue weighted by Gasteiger charge is 2.44. The van der Waals surface area contributed by atoms with Crippen molar-refractivity contribution in [1.29, 1.82) is 0 Å². The minimum atomic E-state index is -3.84. The van der Waals surface area contributed by atoms with E-state index in [1.807, 2.05) is 6.92 Å². The number of thiazole rings is 1. The Balaban J connectivity index is 2.34. The van der Waals surface area contributed by atoms with Crippen LogP contribution in [0.1, 0.15) is 18.4 Å². The van der Waals surface area contributed by atoms with Crippen LogP contribution >= 0.6 is 11.3 Å². The van der Waals surface area contributed by atoms with Gasteiger partial charge in [-0.25, -0.2) is 13.4 Å². The van der Waals surface area contributed by atoms with Gasteiger partial charge in [-0.1, -0.05) is 6.92 Å². The SMILES string of the molecule is CCc1ncc(S(=O)(=O)N2C[C@@H](OC)C[C@H]2C(=O)O)s1. The number of sulfonamides is 1. The Labute approximate surface area is 121 Å². The van der Waals surface area contributed by atoms with E-state index in [0.29, 0.717) is 11.4 Å². The van der Waals surface area contributed by atoms with E-state index in [4.69, 9.17) is 4.74 Å². The number of ether oxygens (including phenoxy) is 1. The number of aryl methyl sites for hydroxylation is 1. The average Bonchev–Trinajstić information content (AvgIpc) is 3.05. The van der Waals surface area contributed by atoms with E-state index in [9.17, 15) is 18.3 Å². The zero-order chi connectivity index (χ0) is 14.9. The smallest absolute Gasteiger partial charge is 0.322 e. The molecule has 0 spiro atoms. The van der Waals surface area contributed by atoms with Crippen LogP contribution in [0.3, 0.4) is 0 Å². The van der Waals surface area contributed by atoms with Crippen molar-refractivity contribution in [2.75, 3.05) is 13.7 Å². The first kappa shape index (κ1) is 15.4. The zero-order valence-electron chi connectivity index (χ0n) is 11.1. The van der Waals surface area contributed by atoms with Gasteiger partial charge in [-0.2, -0.15) is 4.31 Å². The predicted octanol–water partition coefficient (Wildman–Crippen LogP) is 0.568. The third-order valence-corrected chi connectivity index (χ3v) is 6.69. The molecule has 0 amide bonds. The van der Waals surface area contributed by atoms with Gasteiger partial charge in [0.2, 0.25) is 0 Å². The fourth-order valence-corrected chi connectivity index (χ4v) is 5.00. The lowest BCUT2D eigenvalue weighted by molar-refractivity contribution is -0.140. The number of rotatable bonds is 5. The molecule has 1 aliphatic rings. The maximum atomic E-state index is 12.5. The van der Waals surface area contributed by atoms with Gasteiger partial charge in [0.1, 0.15) is 6.04 Å². The Hall–Kier alpha value is -1.03. The highest BCUT2D eigenvalue weighted by molar-refractivity contribution is 7.91. The highest BCUT2D eigenvalue weighted by Crippen LogP contribution is 2.30. The minimum absolute atomic E-state index is 0.0508. The van der Waals surface area contributed by atoms with Crippen molar-refractivity contribution in [3.8, 4) is 0 Å². The van der Waals surface area contributed by atoms with Gasteiger partial charge in [0.15, 0.2) is 4.21 Å². The molecule has 0 unspecified atom stereocenters. The van der Waals surface area contributed by atoms with Gasteiger partial charge >= 0.3 is 5.97 Å². The van der Waals surface area contributed by atoms with Gasteiger partial charge in [0, 0.05) is 20.1 Å². The minimum Gasteiger partial charge on any atom is -0.480 e. The first-order valence-corrected chi connectivity index (χ1v) is 8.38. The monoisotopic (exact) mass is 320 g/mol. The topological polar surface area (TPSA) is 96.8 Å². The summed E-state index contributed by atoms with van der Waals surface area (Å²) in [5, 5.41) is 9.89. The second-order valence-electron chi connectivity index (χ2n) is 4.45. The summed E-state index contributed by atoms with van der Waals surface area (Å²) >= 11 is 1.07. The summed E-state index contributed by atoms with van der Waals surface area (Å²) in [6.07, 6.45) is 1.69. The fraction of sp³-hybridized carbons (Fsp3) is 0.636. The van der Waals surface area contributed by atoms with E-state index in [0.717, 1.165) is 15.6 Å². The van der Waals surface area contributed by atoms with E-state index in [2.05, 4.69) is 4.98 Å². The number of aromatic nitrogens is 1. The lowest BCUT2D eigenvalue weighted by atomic mass is 10.2. The first-order chi connectivity index (χ1) is 9.40. The number of hydrogen-bond donors (Lipinski definition) is 1. The molecule has 2 rings (SSSR count). The number of nitrogens with zero attached hydrogens (tertiary/aromatic N) is 2. The summed E-state index contributed by atoms with van der Waals surface area (Å²) in [6.45, 7) is 1.93. The summed E-state index contributed by atoms with van der Waals surface area (Å²) in [5.74, 6) is -1.16. The van der Waals surface area contributed by atoms with Crippen molar-refractivity contribution in [3.05, 3.63) is 11.2 Å². The molecular weight excluding hydrogens is 304 g/mol. The van der Waals surface area contributed by atoms with Crippen molar-refractivity contribution in [2.45, 2.75) is 36.1 Å². The van der Waals surface area contributed by atoms with E-state index >= 15 is 0 Å². The average molecular weight is 320 g/mol. The molecule has 1 aliphatic heterocycles. The number of methoxy groups -OCH3 is 1. The molecule has 0 aliphatic carbocycles.